The first-order chi connectivity index (χ1) is 23.3. The maximum atomic E-state index is 6.46. The topological polar surface area (TPSA) is 38.9 Å². The van der Waals surface area contributed by atoms with Crippen molar-refractivity contribution in [2.45, 2.75) is 0 Å². The minimum Gasteiger partial charge on any atom is -0.455 e. The molecule has 2 heterocycles. The van der Waals surface area contributed by atoms with Crippen molar-refractivity contribution in [3.8, 4) is 33.8 Å². The molecule has 47 heavy (non-hydrogen) atoms. The molecule has 0 N–H and O–H groups in total. The molecule has 2 aromatic heterocycles. The van der Waals surface area contributed by atoms with E-state index in [1.54, 1.807) is 0 Å². The van der Waals surface area contributed by atoms with Crippen LogP contribution in [0.15, 0.2) is 162 Å². The third kappa shape index (κ3) is 4.00. The molecule has 0 spiro atoms. The summed E-state index contributed by atoms with van der Waals surface area (Å²) >= 11 is 0. The van der Waals surface area contributed by atoms with Crippen LogP contribution >= 0.6 is 0 Å². The first-order valence-electron chi connectivity index (χ1n) is 15.9. The van der Waals surface area contributed by atoms with E-state index in [-0.39, 0.29) is 0 Å². The van der Waals surface area contributed by atoms with Crippen molar-refractivity contribution in [1.82, 2.24) is 9.97 Å². The Balaban J connectivity index is 1.19. The third-order valence-corrected chi connectivity index (χ3v) is 9.43. The molecule has 0 aliphatic carbocycles. The van der Waals surface area contributed by atoms with Gasteiger partial charge in [-0.25, -0.2) is 9.97 Å². The Kier molecular flexibility index (Phi) is 5.57. The van der Waals surface area contributed by atoms with Crippen LogP contribution in [0.5, 0.6) is 0 Å². The Morgan fingerprint density at radius 3 is 1.87 bits per heavy atom. The van der Waals surface area contributed by atoms with Crippen LogP contribution in [-0.2, 0) is 0 Å². The summed E-state index contributed by atoms with van der Waals surface area (Å²) in [5, 5.41) is 10.6. The van der Waals surface area contributed by atoms with Crippen LogP contribution in [0.4, 0.5) is 0 Å². The number of fused-ring (bicyclic) bond motifs is 11. The number of benzene rings is 8. The summed E-state index contributed by atoms with van der Waals surface area (Å²) < 4.78 is 6.46. The van der Waals surface area contributed by atoms with Crippen LogP contribution in [0.25, 0.3) is 98.9 Å². The fourth-order valence-corrected chi connectivity index (χ4v) is 7.25. The standard InChI is InChI=1S/C44H26N2O/c1-3-11-27(12-4-1)42-37-26-30(21-24-38(37)45-44(46-42)28-13-5-2-6-14-28)29-19-22-32-31(25-29)20-23-36-40(32)33-15-7-8-16-34(33)43-41(36)35-17-9-10-18-39(35)47-43/h1-26H. The molecule has 10 rings (SSSR count). The molecule has 8 aromatic carbocycles. The predicted octanol–water partition coefficient (Wildman–Crippen LogP) is 12.0. The van der Waals surface area contributed by atoms with Gasteiger partial charge in [-0.3, -0.25) is 0 Å². The lowest BCUT2D eigenvalue weighted by atomic mass is 9.91. The van der Waals surface area contributed by atoms with Gasteiger partial charge in [-0.2, -0.15) is 0 Å². The molecule has 3 heteroatoms. The SMILES string of the molecule is c1ccc(-c2nc(-c3ccccc3)c3cc(-c4ccc5c(ccc6c5c5ccccc5c5oc7ccccc7c65)c4)ccc3n2)cc1. The summed E-state index contributed by atoms with van der Waals surface area (Å²) in [6.07, 6.45) is 0. The van der Waals surface area contributed by atoms with E-state index in [1.165, 1.54) is 32.3 Å². The van der Waals surface area contributed by atoms with Gasteiger partial charge in [-0.05, 0) is 62.3 Å². The maximum Gasteiger partial charge on any atom is 0.160 e. The molecule has 0 unspecified atom stereocenters. The number of hydrogen-bond acceptors (Lipinski definition) is 3. The maximum absolute atomic E-state index is 6.46. The molecular formula is C44H26N2O. The van der Waals surface area contributed by atoms with Gasteiger partial charge in [-0.15, -0.1) is 0 Å². The van der Waals surface area contributed by atoms with Gasteiger partial charge in [0, 0.05) is 32.7 Å². The van der Waals surface area contributed by atoms with Gasteiger partial charge in [0.2, 0.25) is 0 Å². The fraction of sp³-hybridized carbons (Fsp3) is 0. The van der Waals surface area contributed by atoms with Crippen LogP contribution < -0.4 is 0 Å². The predicted molar refractivity (Wildman–Crippen MR) is 196 cm³/mol. The number of furan rings is 1. The lowest BCUT2D eigenvalue weighted by Gasteiger charge is -2.13. The van der Waals surface area contributed by atoms with E-state index < -0.39 is 0 Å². The van der Waals surface area contributed by atoms with Crippen LogP contribution in [0.1, 0.15) is 0 Å². The summed E-state index contributed by atoms with van der Waals surface area (Å²) in [6.45, 7) is 0. The van der Waals surface area contributed by atoms with E-state index in [0.29, 0.717) is 0 Å². The lowest BCUT2D eigenvalue weighted by molar-refractivity contribution is 0.673. The van der Waals surface area contributed by atoms with Gasteiger partial charge in [-0.1, -0.05) is 133 Å². The summed E-state index contributed by atoms with van der Waals surface area (Å²) in [7, 11) is 0. The van der Waals surface area contributed by atoms with E-state index in [2.05, 4.69) is 127 Å². The molecule has 0 radical (unpaired) electrons. The molecule has 0 atom stereocenters. The molecule has 0 aliphatic rings. The summed E-state index contributed by atoms with van der Waals surface area (Å²) in [4.78, 5) is 10.1. The number of rotatable bonds is 3. The minimum absolute atomic E-state index is 0.731. The number of para-hydroxylation sites is 1. The normalized spacial score (nSPS) is 11.8. The van der Waals surface area contributed by atoms with Crippen molar-refractivity contribution in [3.05, 3.63) is 158 Å². The van der Waals surface area contributed by atoms with Gasteiger partial charge < -0.3 is 4.42 Å². The van der Waals surface area contributed by atoms with Crippen molar-refractivity contribution in [1.29, 1.82) is 0 Å². The second-order valence-electron chi connectivity index (χ2n) is 12.1. The third-order valence-electron chi connectivity index (χ3n) is 9.43. The Hall–Kier alpha value is -6.32. The number of nitrogens with zero attached hydrogens (tertiary/aromatic N) is 2. The zero-order chi connectivity index (χ0) is 30.9. The molecule has 0 fully saturated rings. The molecule has 0 amide bonds. The van der Waals surface area contributed by atoms with Gasteiger partial charge in [0.1, 0.15) is 11.2 Å². The Labute approximate surface area is 270 Å². The molecule has 218 valence electrons. The average Bonchev–Trinajstić information content (AvgIpc) is 3.55. The lowest BCUT2D eigenvalue weighted by Crippen LogP contribution is -1.95. The van der Waals surface area contributed by atoms with Gasteiger partial charge >= 0.3 is 0 Å². The average molecular weight is 599 g/mol. The molecule has 0 saturated heterocycles. The van der Waals surface area contributed by atoms with E-state index in [9.17, 15) is 0 Å². The zero-order valence-corrected chi connectivity index (χ0v) is 25.3. The van der Waals surface area contributed by atoms with E-state index in [0.717, 1.165) is 66.6 Å². The highest BCUT2D eigenvalue weighted by molar-refractivity contribution is 6.34. The first kappa shape index (κ1) is 26.0. The largest absolute Gasteiger partial charge is 0.455 e. The highest BCUT2D eigenvalue weighted by Gasteiger charge is 2.18. The van der Waals surface area contributed by atoms with Crippen LogP contribution in [0.3, 0.4) is 0 Å². The van der Waals surface area contributed by atoms with Gasteiger partial charge in [0.05, 0.1) is 11.2 Å². The Morgan fingerprint density at radius 1 is 0.383 bits per heavy atom. The molecule has 0 aliphatic heterocycles. The highest BCUT2D eigenvalue weighted by Crippen LogP contribution is 2.44. The monoisotopic (exact) mass is 598 g/mol. The molecule has 3 nitrogen and oxygen atoms in total. The number of hydrogen-bond donors (Lipinski definition) is 0. The number of aromatic nitrogens is 2. The second kappa shape index (κ2) is 10.1. The van der Waals surface area contributed by atoms with Crippen molar-refractivity contribution in [3.63, 3.8) is 0 Å². The molecule has 0 bridgehead atoms. The van der Waals surface area contributed by atoms with Crippen LogP contribution in [0.2, 0.25) is 0 Å². The minimum atomic E-state index is 0.731. The van der Waals surface area contributed by atoms with E-state index >= 15 is 0 Å². The molecule has 0 saturated carbocycles. The summed E-state index contributed by atoms with van der Waals surface area (Å²) in [5.74, 6) is 0.731. The summed E-state index contributed by atoms with van der Waals surface area (Å²) in [6, 6.07) is 55.5. The van der Waals surface area contributed by atoms with Crippen LogP contribution in [0, 0.1) is 0 Å². The Morgan fingerprint density at radius 2 is 1.04 bits per heavy atom. The first-order valence-corrected chi connectivity index (χ1v) is 15.9. The van der Waals surface area contributed by atoms with Crippen molar-refractivity contribution >= 4 is 65.2 Å². The smallest absolute Gasteiger partial charge is 0.160 e. The zero-order valence-electron chi connectivity index (χ0n) is 25.3. The fourth-order valence-electron chi connectivity index (χ4n) is 7.25. The Bertz CT molecular complexity index is 2840. The van der Waals surface area contributed by atoms with Gasteiger partial charge in [0.15, 0.2) is 5.82 Å². The van der Waals surface area contributed by atoms with Crippen molar-refractivity contribution < 1.29 is 4.42 Å². The van der Waals surface area contributed by atoms with E-state index in [1.807, 2.05) is 30.3 Å². The second-order valence-corrected chi connectivity index (χ2v) is 12.1. The van der Waals surface area contributed by atoms with Crippen molar-refractivity contribution in [2.75, 3.05) is 0 Å². The molecule has 10 aromatic rings. The van der Waals surface area contributed by atoms with Crippen molar-refractivity contribution in [2.24, 2.45) is 0 Å². The van der Waals surface area contributed by atoms with E-state index in [4.69, 9.17) is 14.4 Å². The summed E-state index contributed by atoms with van der Waals surface area (Å²) in [5.41, 5.74) is 8.10. The molecular weight excluding hydrogens is 572 g/mol. The highest BCUT2D eigenvalue weighted by atomic mass is 16.3. The van der Waals surface area contributed by atoms with Gasteiger partial charge in [0.25, 0.3) is 0 Å². The quantitative estimate of drug-likeness (QED) is 0.190. The van der Waals surface area contributed by atoms with Crippen LogP contribution in [-0.4, -0.2) is 9.97 Å².